The van der Waals surface area contributed by atoms with Crippen LogP contribution in [0.2, 0.25) is 0 Å². The molecule has 0 radical (unpaired) electrons. The number of carbonyl (C=O) groups excluding carboxylic acids is 2. The van der Waals surface area contributed by atoms with Crippen molar-refractivity contribution in [1.29, 1.82) is 0 Å². The quantitative estimate of drug-likeness (QED) is 0.590. The van der Waals surface area contributed by atoms with Crippen LogP contribution in [0.3, 0.4) is 0 Å². The van der Waals surface area contributed by atoms with Crippen LogP contribution in [0.25, 0.3) is 5.69 Å². The molecule has 1 aliphatic rings. The van der Waals surface area contributed by atoms with Crippen molar-refractivity contribution in [3.05, 3.63) is 49.7 Å². The van der Waals surface area contributed by atoms with Gasteiger partial charge in [-0.3, -0.25) is 24.3 Å². The Hall–Kier alpha value is -3.35. The van der Waals surface area contributed by atoms with E-state index in [0.717, 1.165) is 6.07 Å². The van der Waals surface area contributed by atoms with E-state index in [1.54, 1.807) is 0 Å². The molecule has 1 aliphatic heterocycles. The zero-order valence-electron chi connectivity index (χ0n) is 13.3. The summed E-state index contributed by atoms with van der Waals surface area (Å²) in [7, 11) is 0. The molecule has 1 aromatic carbocycles. The first kappa shape index (κ1) is 19.4. The van der Waals surface area contributed by atoms with Gasteiger partial charge in [-0.1, -0.05) is 0 Å². The molecule has 13 heteroatoms. The van der Waals surface area contributed by atoms with E-state index in [9.17, 15) is 32.3 Å². The number of alkyl halides is 3. The molecule has 1 aromatic heterocycles. The number of imide groups is 1. The number of nitrogens with zero attached hydrogens (tertiary/aromatic N) is 1. The minimum atomic E-state index is -5.19. The lowest BCUT2D eigenvalue weighted by atomic mass is 10.1. The standard InChI is InChI=1S/C15H7BrF3N3O6/c16-6-1-4(14(26)27)2-7(10(6)28-15(17,18)19)22-8(23)3-5-9(11(22)20)13(25)21-12(5)24/h1-3H,20H2,(H,26,27)(H,21,24,25). The van der Waals surface area contributed by atoms with Gasteiger partial charge >= 0.3 is 12.3 Å². The first-order chi connectivity index (χ1) is 12.9. The van der Waals surface area contributed by atoms with Crippen molar-refractivity contribution in [3.8, 4) is 11.4 Å². The fourth-order valence-corrected chi connectivity index (χ4v) is 3.14. The van der Waals surface area contributed by atoms with E-state index >= 15 is 0 Å². The largest absolute Gasteiger partial charge is 0.573 e. The number of carboxylic acids is 1. The average molecular weight is 462 g/mol. The summed E-state index contributed by atoms with van der Waals surface area (Å²) in [6.07, 6.45) is -5.19. The number of aromatic nitrogens is 1. The lowest BCUT2D eigenvalue weighted by Crippen LogP contribution is -2.26. The number of pyridine rings is 1. The summed E-state index contributed by atoms with van der Waals surface area (Å²) in [6.45, 7) is 0. The molecule has 146 valence electrons. The molecule has 3 rings (SSSR count). The van der Waals surface area contributed by atoms with Crippen LogP contribution in [0.1, 0.15) is 31.1 Å². The van der Waals surface area contributed by atoms with Gasteiger partial charge in [0.15, 0.2) is 5.75 Å². The first-order valence-corrected chi connectivity index (χ1v) is 7.94. The lowest BCUT2D eigenvalue weighted by Gasteiger charge is -2.19. The number of halogens is 4. The maximum absolute atomic E-state index is 12.8. The first-order valence-electron chi connectivity index (χ1n) is 7.15. The Kier molecular flexibility index (Phi) is 4.41. The van der Waals surface area contributed by atoms with Crippen LogP contribution < -0.4 is 21.3 Å². The summed E-state index contributed by atoms with van der Waals surface area (Å²) in [4.78, 5) is 47.3. The van der Waals surface area contributed by atoms with Gasteiger partial charge in [0.25, 0.3) is 17.4 Å². The van der Waals surface area contributed by atoms with E-state index in [1.807, 2.05) is 5.32 Å². The van der Waals surface area contributed by atoms with E-state index in [4.69, 9.17) is 10.8 Å². The van der Waals surface area contributed by atoms with Gasteiger partial charge < -0.3 is 15.6 Å². The molecule has 4 N–H and O–H groups in total. The number of hydrogen-bond acceptors (Lipinski definition) is 6. The summed E-state index contributed by atoms with van der Waals surface area (Å²) >= 11 is 2.77. The molecule has 2 amide bonds. The molecule has 0 bridgehead atoms. The third kappa shape index (κ3) is 3.19. The molecule has 0 spiro atoms. The Morgan fingerprint density at radius 1 is 1.18 bits per heavy atom. The summed E-state index contributed by atoms with van der Waals surface area (Å²) < 4.78 is 42.4. The number of carboxylic acid groups (broad SMARTS) is 1. The molecule has 2 aromatic rings. The van der Waals surface area contributed by atoms with Crippen molar-refractivity contribution in [1.82, 2.24) is 9.88 Å². The van der Waals surface area contributed by atoms with Crippen molar-refractivity contribution >= 4 is 39.5 Å². The number of carbonyl (C=O) groups is 3. The van der Waals surface area contributed by atoms with Gasteiger partial charge in [-0.25, -0.2) is 4.79 Å². The smallest absolute Gasteiger partial charge is 0.478 e. The van der Waals surface area contributed by atoms with E-state index in [-0.39, 0.29) is 5.56 Å². The van der Waals surface area contributed by atoms with Crippen LogP contribution in [-0.4, -0.2) is 33.8 Å². The number of rotatable bonds is 3. The molecule has 0 atom stereocenters. The highest BCUT2D eigenvalue weighted by Crippen LogP contribution is 2.38. The highest BCUT2D eigenvalue weighted by molar-refractivity contribution is 9.10. The maximum atomic E-state index is 12.8. The number of fused-ring (bicyclic) bond motifs is 1. The number of amides is 2. The Labute approximate surface area is 160 Å². The summed E-state index contributed by atoms with van der Waals surface area (Å²) in [5.74, 6) is -4.99. The van der Waals surface area contributed by atoms with Crippen molar-refractivity contribution in [3.63, 3.8) is 0 Å². The Morgan fingerprint density at radius 3 is 2.39 bits per heavy atom. The number of aromatic carboxylic acids is 1. The maximum Gasteiger partial charge on any atom is 0.573 e. The van der Waals surface area contributed by atoms with Gasteiger partial charge in [0, 0.05) is 6.07 Å². The Balaban J connectivity index is 2.40. The SMILES string of the molecule is Nc1c2c(cc(=O)n1-c1cc(C(=O)O)cc(Br)c1OC(F)(F)F)C(=O)NC2=O. The van der Waals surface area contributed by atoms with Gasteiger partial charge in [0.1, 0.15) is 5.82 Å². The fourth-order valence-electron chi connectivity index (χ4n) is 2.61. The van der Waals surface area contributed by atoms with Crippen LogP contribution in [0.5, 0.6) is 5.75 Å². The van der Waals surface area contributed by atoms with Crippen LogP contribution in [0.4, 0.5) is 19.0 Å². The van der Waals surface area contributed by atoms with Crippen molar-refractivity contribution in [2.24, 2.45) is 0 Å². The summed E-state index contributed by atoms with van der Waals surface area (Å²) in [6, 6.07) is 2.25. The average Bonchev–Trinajstić information content (AvgIpc) is 2.83. The highest BCUT2D eigenvalue weighted by atomic mass is 79.9. The lowest BCUT2D eigenvalue weighted by molar-refractivity contribution is -0.274. The fraction of sp³-hybridized carbons (Fsp3) is 0.0667. The van der Waals surface area contributed by atoms with Gasteiger partial charge in [0.05, 0.1) is 26.9 Å². The van der Waals surface area contributed by atoms with Crippen LogP contribution >= 0.6 is 15.9 Å². The monoisotopic (exact) mass is 461 g/mol. The molecular weight excluding hydrogens is 455 g/mol. The number of nitrogens with one attached hydrogen (secondary N) is 1. The number of nitrogen functional groups attached to an aromatic ring is 1. The van der Waals surface area contributed by atoms with E-state index in [2.05, 4.69) is 20.7 Å². The molecular formula is C15H7BrF3N3O6. The molecule has 28 heavy (non-hydrogen) atoms. The zero-order valence-corrected chi connectivity index (χ0v) is 14.8. The third-order valence-electron chi connectivity index (χ3n) is 3.68. The van der Waals surface area contributed by atoms with Crippen LogP contribution in [0.15, 0.2) is 27.5 Å². The minimum absolute atomic E-state index is 0.351. The summed E-state index contributed by atoms with van der Waals surface area (Å²) in [5.41, 5.74) is 2.73. The third-order valence-corrected chi connectivity index (χ3v) is 4.27. The predicted octanol–water partition coefficient (Wildman–Crippen LogP) is 1.66. The second-order valence-electron chi connectivity index (χ2n) is 5.43. The zero-order chi connectivity index (χ0) is 21.0. The van der Waals surface area contributed by atoms with Crippen molar-refractivity contribution in [2.75, 3.05) is 5.73 Å². The minimum Gasteiger partial charge on any atom is -0.478 e. The van der Waals surface area contributed by atoms with Gasteiger partial charge in [-0.15, -0.1) is 13.2 Å². The van der Waals surface area contributed by atoms with E-state index in [1.165, 1.54) is 0 Å². The molecule has 2 heterocycles. The van der Waals surface area contributed by atoms with Crippen LogP contribution in [0, 0.1) is 0 Å². The molecule has 0 unspecified atom stereocenters. The summed E-state index contributed by atoms with van der Waals surface area (Å²) in [5, 5.41) is 11.1. The molecule has 0 fully saturated rings. The number of anilines is 1. The van der Waals surface area contributed by atoms with Gasteiger partial charge in [-0.05, 0) is 28.1 Å². The molecule has 0 saturated carbocycles. The van der Waals surface area contributed by atoms with Gasteiger partial charge in [0.2, 0.25) is 0 Å². The predicted molar refractivity (Wildman–Crippen MR) is 89.6 cm³/mol. The van der Waals surface area contributed by atoms with E-state index in [0.29, 0.717) is 16.7 Å². The number of benzene rings is 1. The second-order valence-corrected chi connectivity index (χ2v) is 6.29. The van der Waals surface area contributed by atoms with Crippen molar-refractivity contribution < 1.29 is 37.4 Å². The van der Waals surface area contributed by atoms with Crippen LogP contribution in [-0.2, 0) is 0 Å². The highest BCUT2D eigenvalue weighted by Gasteiger charge is 2.36. The van der Waals surface area contributed by atoms with Crippen molar-refractivity contribution in [2.45, 2.75) is 6.36 Å². The second kappa shape index (κ2) is 6.37. The van der Waals surface area contributed by atoms with E-state index < -0.39 is 62.6 Å². The number of hydrogen-bond donors (Lipinski definition) is 3. The molecule has 0 aliphatic carbocycles. The number of ether oxygens (including phenoxy) is 1. The molecule has 0 saturated heterocycles. The Morgan fingerprint density at radius 2 is 1.82 bits per heavy atom. The Bertz CT molecular complexity index is 1130. The normalized spacial score (nSPS) is 13.3. The topological polar surface area (TPSA) is 141 Å². The van der Waals surface area contributed by atoms with Gasteiger partial charge in [-0.2, -0.15) is 0 Å². The number of nitrogens with two attached hydrogens (primary N) is 1. The molecule has 9 nitrogen and oxygen atoms in total.